The van der Waals surface area contributed by atoms with E-state index in [0.717, 1.165) is 0 Å². The Hall–Kier alpha value is -3.31. The summed E-state index contributed by atoms with van der Waals surface area (Å²) < 4.78 is 6.38. The number of esters is 1. The molecule has 2 heterocycles. The lowest BCUT2D eigenvalue weighted by Gasteiger charge is -2.13. The number of hydrogen-bond donors (Lipinski definition) is 2. The molecule has 1 amide bonds. The monoisotopic (exact) mass is 368 g/mol. The van der Waals surface area contributed by atoms with E-state index in [0.29, 0.717) is 17.8 Å². The quantitative estimate of drug-likeness (QED) is 0.606. The summed E-state index contributed by atoms with van der Waals surface area (Å²) in [7, 11) is 1.63. The first-order valence-electron chi connectivity index (χ1n) is 8.48. The lowest BCUT2D eigenvalue weighted by molar-refractivity contribution is -0.137. The van der Waals surface area contributed by atoms with Crippen molar-refractivity contribution in [2.45, 2.75) is 18.9 Å². The fourth-order valence-electron chi connectivity index (χ4n) is 2.75. The van der Waals surface area contributed by atoms with Gasteiger partial charge in [-0.25, -0.2) is 9.48 Å². The van der Waals surface area contributed by atoms with E-state index in [1.807, 2.05) is 0 Å². The van der Waals surface area contributed by atoms with Crippen LogP contribution in [0.4, 0.5) is 5.69 Å². The first-order chi connectivity index (χ1) is 12.8. The molecule has 0 radical (unpaired) electrons. The molecular formula is C19H20N4O4. The molecule has 3 N–H and O–H groups in total. The van der Waals surface area contributed by atoms with Gasteiger partial charge in [0, 0.05) is 25.6 Å². The molecule has 0 bridgehead atoms. The minimum atomic E-state index is -1.65. The number of aliphatic hydroxyl groups is 1. The van der Waals surface area contributed by atoms with Crippen LogP contribution in [0, 0.1) is 11.8 Å². The number of hydrogen-bond acceptors (Lipinski definition) is 6. The summed E-state index contributed by atoms with van der Waals surface area (Å²) in [5.41, 5.74) is 5.67. The van der Waals surface area contributed by atoms with Gasteiger partial charge in [-0.05, 0) is 25.1 Å². The predicted molar refractivity (Wildman–Crippen MR) is 98.0 cm³/mol. The Kier molecular flexibility index (Phi) is 4.88. The average Bonchev–Trinajstić information content (AvgIpc) is 3.17. The maximum Gasteiger partial charge on any atom is 0.361 e. The minimum absolute atomic E-state index is 0.0437. The molecule has 0 aliphatic carbocycles. The van der Waals surface area contributed by atoms with Crippen molar-refractivity contribution in [2.75, 3.05) is 25.9 Å². The van der Waals surface area contributed by atoms with Gasteiger partial charge in [0.2, 0.25) is 5.60 Å². The molecule has 0 spiro atoms. The molecule has 1 aromatic carbocycles. The van der Waals surface area contributed by atoms with Gasteiger partial charge in [0.25, 0.3) is 5.91 Å². The maximum absolute atomic E-state index is 12.0. The molecule has 140 valence electrons. The van der Waals surface area contributed by atoms with Crippen LogP contribution in [0.5, 0.6) is 0 Å². The number of carbonyl (C=O) groups is 2. The van der Waals surface area contributed by atoms with Gasteiger partial charge in [0.05, 0.1) is 24.2 Å². The Balaban J connectivity index is 1.88. The fraction of sp³-hybridized carbons (Fsp3) is 0.316. The number of likely N-dealkylation sites (tertiary alicyclic amines) is 1. The zero-order valence-electron chi connectivity index (χ0n) is 15.1. The Morgan fingerprint density at radius 1 is 1.48 bits per heavy atom. The van der Waals surface area contributed by atoms with Crippen LogP contribution >= 0.6 is 0 Å². The van der Waals surface area contributed by atoms with E-state index in [1.54, 1.807) is 38.2 Å². The first-order valence-corrected chi connectivity index (χ1v) is 8.48. The van der Waals surface area contributed by atoms with E-state index in [-0.39, 0.29) is 24.4 Å². The number of anilines is 1. The van der Waals surface area contributed by atoms with Crippen LogP contribution < -0.4 is 5.73 Å². The third-order valence-electron chi connectivity index (χ3n) is 4.25. The smallest absolute Gasteiger partial charge is 0.361 e. The summed E-state index contributed by atoms with van der Waals surface area (Å²) in [6.45, 7) is 2.40. The molecule has 8 heteroatoms. The van der Waals surface area contributed by atoms with Gasteiger partial charge in [0.1, 0.15) is 0 Å². The van der Waals surface area contributed by atoms with Gasteiger partial charge in [-0.3, -0.25) is 4.79 Å². The minimum Gasteiger partial charge on any atom is -0.461 e. The third kappa shape index (κ3) is 3.64. The van der Waals surface area contributed by atoms with Gasteiger partial charge < -0.3 is 20.5 Å². The van der Waals surface area contributed by atoms with Gasteiger partial charge in [-0.15, -0.1) is 0 Å². The lowest BCUT2D eigenvalue weighted by Crippen LogP contribution is -2.37. The van der Waals surface area contributed by atoms with Crippen LogP contribution in [0.1, 0.15) is 29.4 Å². The molecule has 1 aliphatic rings. The molecule has 3 rings (SSSR count). The molecule has 0 unspecified atom stereocenters. The summed E-state index contributed by atoms with van der Waals surface area (Å²) in [5.74, 6) is 4.53. The summed E-state index contributed by atoms with van der Waals surface area (Å²) in [6, 6.07) is 7.01. The number of aromatic nitrogens is 2. The number of nitrogens with two attached hydrogens (primary N) is 1. The molecule has 8 nitrogen and oxygen atoms in total. The highest BCUT2D eigenvalue weighted by atomic mass is 16.5. The van der Waals surface area contributed by atoms with Crippen LogP contribution in [-0.2, 0) is 9.53 Å². The Labute approximate surface area is 156 Å². The van der Waals surface area contributed by atoms with E-state index >= 15 is 0 Å². The van der Waals surface area contributed by atoms with Crippen LogP contribution in [0.3, 0.4) is 0 Å². The molecule has 2 aromatic rings. The van der Waals surface area contributed by atoms with Crippen molar-refractivity contribution >= 4 is 17.6 Å². The van der Waals surface area contributed by atoms with Crippen LogP contribution in [0.15, 0.2) is 30.5 Å². The number of nitrogen functional groups attached to an aromatic ring is 1. The predicted octanol–water partition coefficient (Wildman–Crippen LogP) is 0.576. The highest BCUT2D eigenvalue weighted by Gasteiger charge is 2.42. The van der Waals surface area contributed by atoms with E-state index in [9.17, 15) is 14.7 Å². The highest BCUT2D eigenvalue weighted by Crippen LogP contribution is 2.21. The number of likely N-dealkylation sites (N-methyl/N-ethyl adjacent to an activating group) is 1. The standard InChI is InChI=1S/C19H20N4O4/c1-3-27-17(24)16-15(20)12-23(21-16)14-6-4-5-13(11-14)7-8-19(26)9-10-22(2)18(19)25/h4-6,11-12,26H,3,9-10,20H2,1-2H3/t19-/m0/s1. The van der Waals surface area contributed by atoms with Crippen molar-refractivity contribution in [3.63, 3.8) is 0 Å². The number of rotatable bonds is 3. The van der Waals surface area contributed by atoms with Gasteiger partial charge in [0.15, 0.2) is 5.69 Å². The number of benzene rings is 1. The number of carbonyl (C=O) groups excluding carboxylic acids is 2. The number of nitrogens with zero attached hydrogens (tertiary/aromatic N) is 3. The number of ether oxygens (including phenoxy) is 1. The van der Waals surface area contributed by atoms with E-state index in [2.05, 4.69) is 16.9 Å². The molecule has 0 saturated carbocycles. The molecule has 27 heavy (non-hydrogen) atoms. The van der Waals surface area contributed by atoms with Gasteiger partial charge in [-0.1, -0.05) is 17.9 Å². The van der Waals surface area contributed by atoms with Crippen molar-refractivity contribution in [1.82, 2.24) is 14.7 Å². The molecule has 1 fully saturated rings. The summed E-state index contributed by atoms with van der Waals surface area (Å²) >= 11 is 0. The average molecular weight is 368 g/mol. The van der Waals surface area contributed by atoms with Crippen molar-refractivity contribution in [1.29, 1.82) is 0 Å². The largest absolute Gasteiger partial charge is 0.461 e. The van der Waals surface area contributed by atoms with Crippen molar-refractivity contribution in [3.05, 3.63) is 41.7 Å². The Bertz CT molecular complexity index is 956. The second-order valence-electron chi connectivity index (χ2n) is 6.24. The molecule has 1 aliphatic heterocycles. The normalized spacial score (nSPS) is 18.9. The van der Waals surface area contributed by atoms with Crippen LogP contribution in [0.2, 0.25) is 0 Å². The first kappa shape index (κ1) is 18.5. The van der Waals surface area contributed by atoms with Crippen LogP contribution in [0.25, 0.3) is 5.69 Å². The van der Waals surface area contributed by atoms with Gasteiger partial charge >= 0.3 is 5.97 Å². The van der Waals surface area contributed by atoms with Crippen LogP contribution in [-0.4, -0.2) is 57.5 Å². The summed E-state index contributed by atoms with van der Waals surface area (Å²) in [5, 5.41) is 14.6. The van der Waals surface area contributed by atoms with Crippen molar-refractivity contribution in [2.24, 2.45) is 0 Å². The Morgan fingerprint density at radius 3 is 2.93 bits per heavy atom. The van der Waals surface area contributed by atoms with Crippen molar-refractivity contribution in [3.8, 4) is 17.5 Å². The maximum atomic E-state index is 12.0. The molecular weight excluding hydrogens is 348 g/mol. The molecule has 1 aromatic heterocycles. The van der Waals surface area contributed by atoms with E-state index in [4.69, 9.17) is 10.5 Å². The van der Waals surface area contributed by atoms with E-state index in [1.165, 1.54) is 15.8 Å². The topological polar surface area (TPSA) is 111 Å². The highest BCUT2D eigenvalue weighted by molar-refractivity contribution is 5.93. The third-order valence-corrected chi connectivity index (χ3v) is 4.25. The zero-order valence-corrected chi connectivity index (χ0v) is 15.1. The molecule has 1 atom stereocenters. The number of amides is 1. The zero-order chi connectivity index (χ0) is 19.6. The van der Waals surface area contributed by atoms with Crippen molar-refractivity contribution < 1.29 is 19.4 Å². The van der Waals surface area contributed by atoms with Gasteiger partial charge in [-0.2, -0.15) is 5.10 Å². The SMILES string of the molecule is CCOC(=O)c1nn(-c2cccc(C#C[C@]3(O)CCN(C)C3=O)c2)cc1N. The second-order valence-corrected chi connectivity index (χ2v) is 6.24. The Morgan fingerprint density at radius 2 is 2.26 bits per heavy atom. The summed E-state index contributed by atoms with van der Waals surface area (Å²) in [4.78, 5) is 25.3. The van der Waals surface area contributed by atoms with E-state index < -0.39 is 17.5 Å². The summed E-state index contributed by atoms with van der Waals surface area (Å²) in [6.07, 6.45) is 1.79. The lowest BCUT2D eigenvalue weighted by atomic mass is 10.0. The fourth-order valence-corrected chi connectivity index (χ4v) is 2.75. The molecule has 1 saturated heterocycles. The second kappa shape index (κ2) is 7.13.